The van der Waals surface area contributed by atoms with Gasteiger partial charge in [-0.2, -0.15) is 4.98 Å². The zero-order valence-corrected chi connectivity index (χ0v) is 13.2. The standard InChI is InChI=1S/C16H15FN4O3/c1-3-23-16(22)14-19-13(12-9(2)21-24-15(12)20-14)18-8-10-5-4-6-11(17)7-10/h4-7H,3,8H2,1-2H3,(H,18,19,20). The lowest BCUT2D eigenvalue weighted by Gasteiger charge is -2.08. The molecule has 3 rings (SSSR count). The highest BCUT2D eigenvalue weighted by molar-refractivity contribution is 5.93. The molecule has 7 nitrogen and oxygen atoms in total. The fraction of sp³-hybridized carbons (Fsp3) is 0.250. The molecule has 2 aromatic heterocycles. The van der Waals surface area contributed by atoms with Gasteiger partial charge < -0.3 is 14.6 Å². The van der Waals surface area contributed by atoms with Gasteiger partial charge in [0, 0.05) is 6.54 Å². The van der Waals surface area contributed by atoms with Crippen LogP contribution in [-0.4, -0.2) is 27.7 Å². The third-order valence-electron chi connectivity index (χ3n) is 3.31. The van der Waals surface area contributed by atoms with Crippen LogP contribution in [-0.2, 0) is 11.3 Å². The Morgan fingerprint density at radius 2 is 2.21 bits per heavy atom. The lowest BCUT2D eigenvalue weighted by atomic mass is 10.2. The van der Waals surface area contributed by atoms with E-state index in [0.717, 1.165) is 5.56 Å². The van der Waals surface area contributed by atoms with Crippen LogP contribution >= 0.6 is 0 Å². The Kier molecular flexibility index (Phi) is 4.37. The molecule has 0 spiro atoms. The fourth-order valence-electron chi connectivity index (χ4n) is 2.24. The second kappa shape index (κ2) is 6.61. The number of halogens is 1. The van der Waals surface area contributed by atoms with E-state index in [1.807, 2.05) is 0 Å². The van der Waals surface area contributed by atoms with E-state index < -0.39 is 5.97 Å². The Morgan fingerprint density at radius 3 is 2.96 bits per heavy atom. The number of ether oxygens (including phenoxy) is 1. The summed E-state index contributed by atoms with van der Waals surface area (Å²) < 4.78 is 23.3. The summed E-state index contributed by atoms with van der Waals surface area (Å²) in [6.45, 7) is 3.96. The summed E-state index contributed by atoms with van der Waals surface area (Å²) in [5.41, 5.74) is 1.50. The molecule has 0 saturated carbocycles. The second-order valence-corrected chi connectivity index (χ2v) is 5.05. The van der Waals surface area contributed by atoms with Gasteiger partial charge in [-0.3, -0.25) is 0 Å². The summed E-state index contributed by atoms with van der Waals surface area (Å²) >= 11 is 0. The van der Waals surface area contributed by atoms with E-state index in [0.29, 0.717) is 23.4 Å². The molecule has 0 unspecified atom stereocenters. The Labute approximate surface area is 136 Å². The maximum Gasteiger partial charge on any atom is 0.376 e. The molecule has 0 aliphatic rings. The third-order valence-corrected chi connectivity index (χ3v) is 3.31. The van der Waals surface area contributed by atoms with Gasteiger partial charge in [0.1, 0.15) is 17.0 Å². The minimum atomic E-state index is -0.651. The van der Waals surface area contributed by atoms with Crippen LogP contribution in [0.15, 0.2) is 28.8 Å². The first-order chi connectivity index (χ1) is 11.6. The van der Waals surface area contributed by atoms with Gasteiger partial charge in [-0.05, 0) is 31.5 Å². The third kappa shape index (κ3) is 3.17. The van der Waals surface area contributed by atoms with Crippen LogP contribution in [0.3, 0.4) is 0 Å². The number of anilines is 1. The molecular formula is C16H15FN4O3. The number of rotatable bonds is 5. The molecule has 0 atom stereocenters. The number of aryl methyl sites for hydroxylation is 1. The summed E-state index contributed by atoms with van der Waals surface area (Å²) in [5.74, 6) is -0.717. The molecule has 124 valence electrons. The summed E-state index contributed by atoms with van der Waals surface area (Å²) in [6.07, 6.45) is 0. The van der Waals surface area contributed by atoms with Crippen LogP contribution in [0.2, 0.25) is 0 Å². The van der Waals surface area contributed by atoms with Gasteiger partial charge in [0.05, 0.1) is 12.3 Å². The van der Waals surface area contributed by atoms with E-state index >= 15 is 0 Å². The van der Waals surface area contributed by atoms with Gasteiger partial charge >= 0.3 is 5.97 Å². The minimum Gasteiger partial charge on any atom is -0.460 e. The van der Waals surface area contributed by atoms with Gasteiger partial charge in [0.15, 0.2) is 0 Å². The summed E-state index contributed by atoms with van der Waals surface area (Å²) in [5, 5.41) is 7.48. The first kappa shape index (κ1) is 15.9. The SMILES string of the molecule is CCOC(=O)c1nc(NCc2cccc(F)c2)c2c(C)noc2n1. The van der Waals surface area contributed by atoms with Crippen molar-refractivity contribution in [3.63, 3.8) is 0 Å². The molecule has 8 heteroatoms. The quantitative estimate of drug-likeness (QED) is 0.719. The molecule has 0 saturated heterocycles. The second-order valence-electron chi connectivity index (χ2n) is 5.05. The van der Waals surface area contributed by atoms with Crippen LogP contribution in [0.5, 0.6) is 0 Å². The highest BCUT2D eigenvalue weighted by atomic mass is 19.1. The molecule has 0 bridgehead atoms. The van der Waals surface area contributed by atoms with Gasteiger partial charge in [-0.25, -0.2) is 14.2 Å². The van der Waals surface area contributed by atoms with Crippen LogP contribution < -0.4 is 5.32 Å². The highest BCUT2D eigenvalue weighted by Gasteiger charge is 2.19. The number of nitrogens with one attached hydrogen (secondary N) is 1. The van der Waals surface area contributed by atoms with E-state index in [1.54, 1.807) is 26.0 Å². The normalized spacial score (nSPS) is 10.8. The molecule has 1 aromatic carbocycles. The average Bonchev–Trinajstić information content (AvgIpc) is 2.94. The molecule has 0 fully saturated rings. The van der Waals surface area contributed by atoms with Gasteiger partial charge in [0.25, 0.3) is 5.71 Å². The number of benzene rings is 1. The van der Waals surface area contributed by atoms with Crippen molar-refractivity contribution >= 4 is 22.9 Å². The number of carbonyl (C=O) groups is 1. The number of hydrogen-bond acceptors (Lipinski definition) is 7. The highest BCUT2D eigenvalue weighted by Crippen LogP contribution is 2.24. The Balaban J connectivity index is 1.95. The Bertz CT molecular complexity index is 894. The van der Waals surface area contributed by atoms with Crippen molar-refractivity contribution in [2.24, 2.45) is 0 Å². The molecular weight excluding hydrogens is 315 g/mol. The lowest BCUT2D eigenvalue weighted by Crippen LogP contribution is -2.12. The van der Waals surface area contributed by atoms with Crippen molar-refractivity contribution in [3.05, 3.63) is 47.2 Å². The first-order valence-electron chi connectivity index (χ1n) is 7.38. The van der Waals surface area contributed by atoms with E-state index in [1.165, 1.54) is 12.1 Å². The predicted molar refractivity (Wildman–Crippen MR) is 84.0 cm³/mol. The van der Waals surface area contributed by atoms with Crippen molar-refractivity contribution in [3.8, 4) is 0 Å². The van der Waals surface area contributed by atoms with Crippen molar-refractivity contribution in [2.45, 2.75) is 20.4 Å². The van der Waals surface area contributed by atoms with Gasteiger partial charge in [-0.1, -0.05) is 17.3 Å². The number of esters is 1. The van der Waals surface area contributed by atoms with Crippen molar-refractivity contribution < 1.29 is 18.4 Å². The van der Waals surface area contributed by atoms with E-state index in [-0.39, 0.29) is 24.0 Å². The number of nitrogens with zero attached hydrogens (tertiary/aromatic N) is 3. The zero-order chi connectivity index (χ0) is 17.1. The Hall–Kier alpha value is -3.03. The molecule has 0 amide bonds. The van der Waals surface area contributed by atoms with Gasteiger partial charge in [-0.15, -0.1) is 0 Å². The van der Waals surface area contributed by atoms with Crippen LogP contribution in [0.4, 0.5) is 10.2 Å². The predicted octanol–water partition coefficient (Wildman–Crippen LogP) is 2.85. The van der Waals surface area contributed by atoms with E-state index in [4.69, 9.17) is 9.26 Å². The lowest BCUT2D eigenvalue weighted by molar-refractivity contribution is 0.0512. The smallest absolute Gasteiger partial charge is 0.376 e. The topological polar surface area (TPSA) is 90.1 Å². The summed E-state index contributed by atoms with van der Waals surface area (Å²) in [6, 6.07) is 6.19. The molecule has 0 radical (unpaired) electrons. The van der Waals surface area contributed by atoms with Crippen LogP contribution in [0.1, 0.15) is 28.8 Å². The fourth-order valence-corrected chi connectivity index (χ4v) is 2.24. The average molecular weight is 330 g/mol. The first-order valence-corrected chi connectivity index (χ1v) is 7.38. The van der Waals surface area contributed by atoms with Crippen molar-refractivity contribution in [2.75, 3.05) is 11.9 Å². The summed E-state index contributed by atoms with van der Waals surface area (Å²) in [7, 11) is 0. The van der Waals surface area contributed by atoms with E-state index in [9.17, 15) is 9.18 Å². The van der Waals surface area contributed by atoms with Crippen molar-refractivity contribution in [1.29, 1.82) is 0 Å². The molecule has 0 aliphatic carbocycles. The molecule has 2 heterocycles. The molecule has 3 aromatic rings. The van der Waals surface area contributed by atoms with Crippen LogP contribution in [0.25, 0.3) is 11.1 Å². The number of carbonyl (C=O) groups excluding carboxylic acids is 1. The van der Waals surface area contributed by atoms with Crippen LogP contribution in [0, 0.1) is 12.7 Å². The maximum absolute atomic E-state index is 13.3. The Morgan fingerprint density at radius 1 is 1.38 bits per heavy atom. The van der Waals surface area contributed by atoms with E-state index in [2.05, 4.69) is 20.4 Å². The monoisotopic (exact) mass is 330 g/mol. The number of fused-ring (bicyclic) bond motifs is 1. The number of hydrogen-bond donors (Lipinski definition) is 1. The molecule has 1 N–H and O–H groups in total. The largest absolute Gasteiger partial charge is 0.460 e. The molecule has 0 aliphatic heterocycles. The van der Waals surface area contributed by atoms with Gasteiger partial charge in [0.2, 0.25) is 5.82 Å². The maximum atomic E-state index is 13.3. The van der Waals surface area contributed by atoms with Crippen molar-refractivity contribution in [1.82, 2.24) is 15.1 Å². The summed E-state index contributed by atoms with van der Waals surface area (Å²) in [4.78, 5) is 20.1. The number of aromatic nitrogens is 3. The minimum absolute atomic E-state index is 0.123. The molecule has 24 heavy (non-hydrogen) atoms. The zero-order valence-electron chi connectivity index (χ0n) is 13.2.